The van der Waals surface area contributed by atoms with Gasteiger partial charge in [-0.1, -0.05) is 38.0 Å². The largest absolute Gasteiger partial charge is 0.336 e. The van der Waals surface area contributed by atoms with Gasteiger partial charge in [-0.15, -0.1) is 0 Å². The molecule has 0 aliphatic carbocycles. The Morgan fingerprint density at radius 1 is 1.15 bits per heavy atom. The second kappa shape index (κ2) is 5.45. The minimum Gasteiger partial charge on any atom is -0.329 e. The van der Waals surface area contributed by atoms with Crippen LogP contribution >= 0.6 is 0 Å². The Bertz CT molecular complexity index is 530. The van der Waals surface area contributed by atoms with Gasteiger partial charge in [0, 0.05) is 0 Å². The number of benzene rings is 1. The van der Waals surface area contributed by atoms with E-state index in [1.54, 1.807) is 24.3 Å². The summed E-state index contributed by atoms with van der Waals surface area (Å²) in [4.78, 5) is 41.2. The molecule has 1 aliphatic heterocycles. The fraction of sp³-hybridized carbons (Fsp3) is 0.400. The van der Waals surface area contributed by atoms with Crippen molar-refractivity contribution in [3.8, 4) is 0 Å². The lowest BCUT2D eigenvalue weighted by molar-refractivity contribution is -0.175. The van der Waals surface area contributed by atoms with Crippen molar-refractivity contribution in [1.29, 1.82) is 0 Å². The molecule has 5 nitrogen and oxygen atoms in total. The van der Waals surface area contributed by atoms with Crippen LogP contribution in [0.1, 0.15) is 47.9 Å². The molecule has 1 heterocycles. The van der Waals surface area contributed by atoms with Gasteiger partial charge >= 0.3 is 5.97 Å². The highest BCUT2D eigenvalue weighted by Gasteiger charge is 2.39. The molecule has 20 heavy (non-hydrogen) atoms. The van der Waals surface area contributed by atoms with Crippen LogP contribution in [0.5, 0.6) is 0 Å². The van der Waals surface area contributed by atoms with Gasteiger partial charge < -0.3 is 4.84 Å². The van der Waals surface area contributed by atoms with Gasteiger partial charge in [-0.25, -0.2) is 4.79 Å². The molecule has 0 saturated carbocycles. The van der Waals surface area contributed by atoms with E-state index in [4.69, 9.17) is 4.84 Å². The summed E-state index contributed by atoms with van der Waals surface area (Å²) in [6.45, 7) is 5.67. The van der Waals surface area contributed by atoms with Gasteiger partial charge in [0.1, 0.15) is 0 Å². The molecule has 0 bridgehead atoms. The van der Waals surface area contributed by atoms with Crippen molar-refractivity contribution < 1.29 is 19.2 Å². The number of rotatable bonds is 4. The maximum Gasteiger partial charge on any atom is 0.336 e. The summed E-state index contributed by atoms with van der Waals surface area (Å²) >= 11 is 0. The molecule has 106 valence electrons. The zero-order chi connectivity index (χ0) is 14.9. The molecule has 0 fully saturated rings. The van der Waals surface area contributed by atoms with Crippen molar-refractivity contribution in [2.45, 2.75) is 27.2 Å². The van der Waals surface area contributed by atoms with E-state index in [9.17, 15) is 14.4 Å². The monoisotopic (exact) mass is 275 g/mol. The molecule has 0 N–H and O–H groups in total. The molecule has 0 saturated heterocycles. The lowest BCUT2D eigenvalue weighted by Gasteiger charge is -2.20. The van der Waals surface area contributed by atoms with Gasteiger partial charge in [0.25, 0.3) is 11.8 Å². The molecule has 5 heteroatoms. The third-order valence-electron chi connectivity index (χ3n) is 3.49. The van der Waals surface area contributed by atoms with Crippen molar-refractivity contribution in [2.75, 3.05) is 0 Å². The third-order valence-corrected chi connectivity index (χ3v) is 3.49. The number of carbonyl (C=O) groups excluding carboxylic acids is 3. The zero-order valence-electron chi connectivity index (χ0n) is 11.8. The van der Waals surface area contributed by atoms with Gasteiger partial charge in [0.2, 0.25) is 0 Å². The maximum atomic E-state index is 12.1. The predicted octanol–water partition coefficient (Wildman–Crippen LogP) is 2.42. The van der Waals surface area contributed by atoms with Crippen LogP contribution in [0, 0.1) is 11.8 Å². The fourth-order valence-corrected chi connectivity index (χ4v) is 2.32. The quantitative estimate of drug-likeness (QED) is 0.792. The Kier molecular flexibility index (Phi) is 3.88. The van der Waals surface area contributed by atoms with E-state index in [1.165, 1.54) is 0 Å². The highest BCUT2D eigenvalue weighted by atomic mass is 16.7. The second-order valence-corrected chi connectivity index (χ2v) is 5.12. The molecule has 1 atom stereocenters. The third kappa shape index (κ3) is 2.31. The van der Waals surface area contributed by atoms with Crippen molar-refractivity contribution in [2.24, 2.45) is 11.8 Å². The number of carbonyl (C=O) groups is 3. The SMILES string of the molecule is CCC(C(=O)ON1C(=O)c2ccccc2C1=O)C(C)C. The minimum atomic E-state index is -0.586. The van der Waals surface area contributed by atoms with Gasteiger partial charge in [0.05, 0.1) is 17.0 Å². The highest BCUT2D eigenvalue weighted by Crippen LogP contribution is 2.24. The Hall–Kier alpha value is -2.17. The standard InChI is InChI=1S/C15H17NO4/c1-4-10(9(2)3)15(19)20-16-13(17)11-7-5-6-8-12(11)14(16)18/h5-10H,4H2,1-3H3. The van der Waals surface area contributed by atoms with E-state index >= 15 is 0 Å². The van der Waals surface area contributed by atoms with Crippen LogP contribution in [-0.2, 0) is 9.63 Å². The molecule has 2 rings (SSSR count). The van der Waals surface area contributed by atoms with Gasteiger partial charge in [-0.05, 0) is 24.5 Å². The summed E-state index contributed by atoms with van der Waals surface area (Å²) < 4.78 is 0. The van der Waals surface area contributed by atoms with Crippen molar-refractivity contribution in [1.82, 2.24) is 5.06 Å². The molecular weight excluding hydrogens is 258 g/mol. The van der Waals surface area contributed by atoms with Crippen molar-refractivity contribution in [3.05, 3.63) is 35.4 Å². The van der Waals surface area contributed by atoms with E-state index in [1.807, 2.05) is 20.8 Å². The lowest BCUT2D eigenvalue weighted by Crippen LogP contribution is -2.36. The van der Waals surface area contributed by atoms with Crippen LogP contribution in [0.15, 0.2) is 24.3 Å². The van der Waals surface area contributed by atoms with E-state index in [0.717, 1.165) is 0 Å². The normalized spacial score (nSPS) is 15.5. The van der Waals surface area contributed by atoms with Crippen molar-refractivity contribution in [3.63, 3.8) is 0 Å². The first-order chi connectivity index (χ1) is 9.47. The molecule has 0 aromatic heterocycles. The predicted molar refractivity (Wildman–Crippen MR) is 71.7 cm³/mol. The summed E-state index contributed by atoms with van der Waals surface area (Å²) in [5.74, 6) is -1.96. The number of nitrogens with zero attached hydrogens (tertiary/aromatic N) is 1. The second-order valence-electron chi connectivity index (χ2n) is 5.12. The van der Waals surface area contributed by atoms with Gasteiger partial charge in [-0.2, -0.15) is 0 Å². The molecule has 0 spiro atoms. The number of hydrogen-bond donors (Lipinski definition) is 0. The van der Waals surface area contributed by atoms with Crippen LogP contribution in [0.25, 0.3) is 0 Å². The van der Waals surface area contributed by atoms with Crippen molar-refractivity contribution >= 4 is 17.8 Å². The first-order valence-corrected chi connectivity index (χ1v) is 6.67. The Morgan fingerprint density at radius 3 is 2.05 bits per heavy atom. The Labute approximate surface area is 117 Å². The average molecular weight is 275 g/mol. The lowest BCUT2D eigenvalue weighted by atomic mass is 9.94. The Balaban J connectivity index is 2.19. The molecule has 1 aliphatic rings. The summed E-state index contributed by atoms with van der Waals surface area (Å²) in [5, 5.41) is 0.567. The first-order valence-electron chi connectivity index (χ1n) is 6.67. The fourth-order valence-electron chi connectivity index (χ4n) is 2.32. The van der Waals surface area contributed by atoms with Crippen LogP contribution in [-0.4, -0.2) is 22.8 Å². The summed E-state index contributed by atoms with van der Waals surface area (Å²) in [7, 11) is 0. The number of amides is 2. The first kappa shape index (κ1) is 14.2. The number of imide groups is 1. The van der Waals surface area contributed by atoms with Crippen LogP contribution in [0.3, 0.4) is 0 Å². The summed E-state index contributed by atoms with van der Waals surface area (Å²) in [6, 6.07) is 6.42. The molecular formula is C15H17NO4. The van der Waals surface area contributed by atoms with E-state index in [2.05, 4.69) is 0 Å². The molecule has 1 aromatic rings. The van der Waals surface area contributed by atoms with Crippen LogP contribution in [0.2, 0.25) is 0 Å². The molecule has 2 amide bonds. The highest BCUT2D eigenvalue weighted by molar-refractivity contribution is 6.20. The summed E-state index contributed by atoms with van der Waals surface area (Å²) in [5.41, 5.74) is 0.533. The summed E-state index contributed by atoms with van der Waals surface area (Å²) in [6.07, 6.45) is 0.597. The smallest absolute Gasteiger partial charge is 0.329 e. The average Bonchev–Trinajstić information content (AvgIpc) is 2.65. The number of hydrogen-bond acceptors (Lipinski definition) is 4. The Morgan fingerprint density at radius 2 is 1.65 bits per heavy atom. The van der Waals surface area contributed by atoms with E-state index in [0.29, 0.717) is 11.5 Å². The van der Waals surface area contributed by atoms with Crippen LogP contribution in [0.4, 0.5) is 0 Å². The zero-order valence-corrected chi connectivity index (χ0v) is 11.8. The number of fused-ring (bicyclic) bond motifs is 1. The minimum absolute atomic E-state index is 0.0858. The number of hydroxylamine groups is 2. The van der Waals surface area contributed by atoms with Gasteiger partial charge in [0.15, 0.2) is 0 Å². The molecule has 1 unspecified atom stereocenters. The van der Waals surface area contributed by atoms with E-state index < -0.39 is 17.8 Å². The molecule has 0 radical (unpaired) electrons. The topological polar surface area (TPSA) is 63.7 Å². The van der Waals surface area contributed by atoms with E-state index in [-0.39, 0.29) is 23.0 Å². The maximum absolute atomic E-state index is 12.1. The van der Waals surface area contributed by atoms with Crippen LogP contribution < -0.4 is 0 Å². The molecule has 1 aromatic carbocycles. The van der Waals surface area contributed by atoms with Gasteiger partial charge in [-0.3, -0.25) is 9.59 Å².